The zero-order chi connectivity index (χ0) is 9.31. The van der Waals surface area contributed by atoms with E-state index in [0.29, 0.717) is 5.02 Å². The van der Waals surface area contributed by atoms with Crippen LogP contribution in [-0.2, 0) is 5.60 Å². The summed E-state index contributed by atoms with van der Waals surface area (Å²) in [5.74, 6) is 0. The quantitative estimate of drug-likeness (QED) is 0.711. The molecule has 1 atom stereocenters. The van der Waals surface area contributed by atoms with E-state index in [1.54, 1.807) is 0 Å². The predicted octanol–water partition coefficient (Wildman–Crippen LogP) is 3.33. The summed E-state index contributed by atoms with van der Waals surface area (Å²) < 4.78 is 0. The number of aliphatic hydroxyl groups is 1. The Bertz CT molecular complexity index is 331. The highest BCUT2D eigenvalue weighted by Gasteiger charge is 2.30. The van der Waals surface area contributed by atoms with Crippen LogP contribution in [0.2, 0.25) is 5.02 Å². The molecular formula is C10H11ClOS. The van der Waals surface area contributed by atoms with Crippen LogP contribution in [0.4, 0.5) is 0 Å². The summed E-state index contributed by atoms with van der Waals surface area (Å²) in [4.78, 5) is 0.880. The molecule has 1 aliphatic rings. The third-order valence-corrected chi connectivity index (χ3v) is 3.84. The SMILES string of the molecule is OC1(c2sccc2Cl)C=CCCC1. The van der Waals surface area contributed by atoms with Gasteiger partial charge in [0.1, 0.15) is 5.60 Å². The van der Waals surface area contributed by atoms with Crippen molar-refractivity contribution in [2.24, 2.45) is 0 Å². The fourth-order valence-corrected chi connectivity index (χ4v) is 2.97. The summed E-state index contributed by atoms with van der Waals surface area (Å²) in [5, 5.41) is 12.8. The molecule has 13 heavy (non-hydrogen) atoms. The summed E-state index contributed by atoms with van der Waals surface area (Å²) in [6.45, 7) is 0. The zero-order valence-corrected chi connectivity index (χ0v) is 8.74. The van der Waals surface area contributed by atoms with E-state index in [9.17, 15) is 5.11 Å². The fraction of sp³-hybridized carbons (Fsp3) is 0.400. The summed E-state index contributed by atoms with van der Waals surface area (Å²) in [6, 6.07) is 1.84. The number of allylic oxidation sites excluding steroid dienone is 1. The Hall–Kier alpha value is -0.310. The lowest BCUT2D eigenvalue weighted by Gasteiger charge is -2.26. The Morgan fingerprint density at radius 1 is 1.54 bits per heavy atom. The lowest BCUT2D eigenvalue weighted by Crippen LogP contribution is -2.23. The van der Waals surface area contributed by atoms with E-state index in [1.165, 1.54) is 11.3 Å². The molecule has 0 bridgehead atoms. The maximum atomic E-state index is 10.3. The number of halogens is 1. The minimum atomic E-state index is -0.802. The minimum Gasteiger partial charge on any atom is -0.380 e. The molecule has 1 unspecified atom stereocenters. The van der Waals surface area contributed by atoms with Crippen LogP contribution >= 0.6 is 22.9 Å². The maximum Gasteiger partial charge on any atom is 0.118 e. The first-order valence-corrected chi connectivity index (χ1v) is 5.62. The van der Waals surface area contributed by atoms with Gasteiger partial charge in [0.25, 0.3) is 0 Å². The first-order chi connectivity index (χ1) is 6.22. The van der Waals surface area contributed by atoms with Gasteiger partial charge in [-0.25, -0.2) is 0 Å². The lowest BCUT2D eigenvalue weighted by atomic mass is 9.90. The molecule has 1 aromatic rings. The van der Waals surface area contributed by atoms with Gasteiger partial charge in [-0.1, -0.05) is 23.8 Å². The van der Waals surface area contributed by atoms with E-state index in [4.69, 9.17) is 11.6 Å². The summed E-state index contributed by atoms with van der Waals surface area (Å²) in [5.41, 5.74) is -0.802. The van der Waals surface area contributed by atoms with Crippen molar-refractivity contribution < 1.29 is 5.11 Å². The van der Waals surface area contributed by atoms with Crippen LogP contribution in [0.1, 0.15) is 24.1 Å². The number of hydrogen-bond acceptors (Lipinski definition) is 2. The minimum absolute atomic E-state index is 0.680. The van der Waals surface area contributed by atoms with Crippen molar-refractivity contribution in [2.45, 2.75) is 24.9 Å². The normalized spacial score (nSPS) is 27.8. The van der Waals surface area contributed by atoms with E-state index in [0.717, 1.165) is 24.1 Å². The van der Waals surface area contributed by atoms with E-state index >= 15 is 0 Å². The Kier molecular flexibility index (Phi) is 2.45. The second kappa shape index (κ2) is 3.45. The van der Waals surface area contributed by atoms with Crippen LogP contribution in [0.25, 0.3) is 0 Å². The maximum absolute atomic E-state index is 10.3. The Balaban J connectivity index is 2.38. The van der Waals surface area contributed by atoms with Crippen molar-refractivity contribution in [3.05, 3.63) is 33.5 Å². The fourth-order valence-electron chi connectivity index (χ4n) is 1.64. The highest BCUT2D eigenvalue weighted by atomic mass is 35.5. The first kappa shape index (κ1) is 9.25. The van der Waals surface area contributed by atoms with Crippen molar-refractivity contribution in [3.8, 4) is 0 Å². The molecule has 0 amide bonds. The zero-order valence-electron chi connectivity index (χ0n) is 7.16. The van der Waals surface area contributed by atoms with Crippen molar-refractivity contribution in [1.82, 2.24) is 0 Å². The van der Waals surface area contributed by atoms with Crippen LogP contribution in [0.15, 0.2) is 23.6 Å². The van der Waals surface area contributed by atoms with Crippen LogP contribution in [0, 0.1) is 0 Å². The molecule has 3 heteroatoms. The van der Waals surface area contributed by atoms with Crippen LogP contribution < -0.4 is 0 Å². The lowest BCUT2D eigenvalue weighted by molar-refractivity contribution is 0.0765. The van der Waals surface area contributed by atoms with E-state index in [-0.39, 0.29) is 0 Å². The molecular weight excluding hydrogens is 204 g/mol. The van der Waals surface area contributed by atoms with E-state index < -0.39 is 5.60 Å². The van der Waals surface area contributed by atoms with E-state index in [2.05, 4.69) is 0 Å². The first-order valence-electron chi connectivity index (χ1n) is 4.36. The number of hydrogen-bond donors (Lipinski definition) is 1. The molecule has 0 aliphatic heterocycles. The van der Waals surface area contributed by atoms with Gasteiger partial charge in [-0.05, 0) is 30.7 Å². The largest absolute Gasteiger partial charge is 0.380 e. The van der Waals surface area contributed by atoms with Crippen LogP contribution in [0.3, 0.4) is 0 Å². The molecule has 0 radical (unpaired) electrons. The van der Waals surface area contributed by atoms with Crippen LogP contribution in [0.5, 0.6) is 0 Å². The van der Waals surface area contributed by atoms with Gasteiger partial charge in [-0.3, -0.25) is 0 Å². The third kappa shape index (κ3) is 1.66. The third-order valence-electron chi connectivity index (χ3n) is 2.33. The molecule has 0 spiro atoms. The average Bonchev–Trinajstić information content (AvgIpc) is 2.53. The van der Waals surface area contributed by atoms with Crippen molar-refractivity contribution in [1.29, 1.82) is 0 Å². The Morgan fingerprint density at radius 2 is 2.38 bits per heavy atom. The number of thiophene rings is 1. The molecule has 1 aromatic heterocycles. The van der Waals surface area contributed by atoms with E-state index in [1.807, 2.05) is 23.6 Å². The van der Waals surface area contributed by atoms with Gasteiger partial charge in [0.2, 0.25) is 0 Å². The second-order valence-electron chi connectivity index (χ2n) is 3.32. The van der Waals surface area contributed by atoms with Gasteiger partial charge in [0, 0.05) is 0 Å². The smallest absolute Gasteiger partial charge is 0.118 e. The molecule has 0 aromatic carbocycles. The average molecular weight is 215 g/mol. The molecule has 0 saturated carbocycles. The van der Waals surface area contributed by atoms with Crippen molar-refractivity contribution in [2.75, 3.05) is 0 Å². The van der Waals surface area contributed by atoms with Gasteiger partial charge in [-0.2, -0.15) is 0 Å². The van der Waals surface area contributed by atoms with Gasteiger partial charge in [-0.15, -0.1) is 11.3 Å². The van der Waals surface area contributed by atoms with Crippen molar-refractivity contribution >= 4 is 22.9 Å². The monoisotopic (exact) mass is 214 g/mol. The topological polar surface area (TPSA) is 20.2 Å². The Morgan fingerprint density at radius 3 is 2.92 bits per heavy atom. The number of rotatable bonds is 1. The summed E-state index contributed by atoms with van der Waals surface area (Å²) in [7, 11) is 0. The molecule has 0 fully saturated rings. The molecule has 1 heterocycles. The van der Waals surface area contributed by atoms with Gasteiger partial charge in [0.05, 0.1) is 9.90 Å². The van der Waals surface area contributed by atoms with Crippen molar-refractivity contribution in [3.63, 3.8) is 0 Å². The van der Waals surface area contributed by atoms with Gasteiger partial charge in [0.15, 0.2) is 0 Å². The Labute approximate surface area is 86.7 Å². The molecule has 2 rings (SSSR count). The molecule has 1 N–H and O–H groups in total. The molecule has 1 aliphatic carbocycles. The van der Waals surface area contributed by atoms with Gasteiger partial charge >= 0.3 is 0 Å². The highest BCUT2D eigenvalue weighted by Crippen LogP contribution is 2.39. The van der Waals surface area contributed by atoms with Crippen LogP contribution in [-0.4, -0.2) is 5.11 Å². The van der Waals surface area contributed by atoms with Gasteiger partial charge < -0.3 is 5.11 Å². The second-order valence-corrected chi connectivity index (χ2v) is 4.64. The summed E-state index contributed by atoms with van der Waals surface area (Å²) in [6.07, 6.45) is 6.77. The molecule has 1 nitrogen and oxygen atoms in total. The standard InChI is InChI=1S/C10H11ClOS/c11-8-4-7-13-9(8)10(12)5-2-1-3-6-10/h2,4-5,7,12H,1,3,6H2. The molecule has 70 valence electrons. The highest BCUT2D eigenvalue weighted by molar-refractivity contribution is 7.10. The summed E-state index contributed by atoms with van der Waals surface area (Å²) >= 11 is 7.50. The molecule has 0 saturated heterocycles. The predicted molar refractivity (Wildman–Crippen MR) is 56.2 cm³/mol.